The number of ether oxygens (including phenoxy) is 1. The molecule has 5 atom stereocenters. The number of aliphatic hydroxyl groups is 1. The highest BCUT2D eigenvalue weighted by Crippen LogP contribution is 2.61. The van der Waals surface area contributed by atoms with E-state index in [2.05, 4.69) is 12.1 Å². The first kappa shape index (κ1) is 17.7. The lowest BCUT2D eigenvalue weighted by molar-refractivity contribution is -0.0179. The molecule has 26 heavy (non-hydrogen) atoms. The van der Waals surface area contributed by atoms with Gasteiger partial charge in [0.2, 0.25) is 0 Å². The Morgan fingerprint density at radius 3 is 2.81 bits per heavy atom. The summed E-state index contributed by atoms with van der Waals surface area (Å²) in [5, 5.41) is 25.2. The van der Waals surface area contributed by atoms with Gasteiger partial charge in [-0.2, -0.15) is 0 Å². The second kappa shape index (κ2) is 6.45. The maximum atomic E-state index is 10.6. The monoisotopic (exact) mass is 359 g/mol. The topological polar surface area (TPSA) is 71.3 Å². The van der Waals surface area contributed by atoms with Crippen LogP contribution >= 0.6 is 0 Å². The van der Waals surface area contributed by atoms with Gasteiger partial charge in [-0.1, -0.05) is 12.1 Å². The summed E-state index contributed by atoms with van der Waals surface area (Å²) in [5.41, 5.74) is 3.10. The average Bonchev–Trinajstić information content (AvgIpc) is 2.92. The number of aromatic hydroxyl groups is 1. The van der Waals surface area contributed by atoms with Crippen molar-refractivity contribution in [3.8, 4) is 11.5 Å². The van der Waals surface area contributed by atoms with Crippen molar-refractivity contribution in [1.82, 2.24) is 0 Å². The Morgan fingerprint density at radius 2 is 2.08 bits per heavy atom. The van der Waals surface area contributed by atoms with Crippen molar-refractivity contribution < 1.29 is 19.8 Å². The van der Waals surface area contributed by atoms with Crippen LogP contribution in [0.2, 0.25) is 0 Å². The van der Waals surface area contributed by atoms with Crippen LogP contribution in [-0.2, 0) is 4.84 Å². The maximum Gasteiger partial charge on any atom is 0.161 e. The number of fused-ring (bicyclic) bond motifs is 5. The number of nitrogens with zero attached hydrogens (tertiary/aromatic N) is 1. The van der Waals surface area contributed by atoms with Gasteiger partial charge in [-0.25, -0.2) is 0 Å². The SMILES string of the molecule is CCOc1cc2c(cc1O)/C(=N/OC)CC1C2CCC2(C)C(O)CCC12. The second-order valence-corrected chi connectivity index (χ2v) is 8.28. The number of hydrogen-bond acceptors (Lipinski definition) is 5. The molecule has 0 saturated heterocycles. The van der Waals surface area contributed by atoms with Gasteiger partial charge < -0.3 is 19.8 Å². The number of rotatable bonds is 3. The summed E-state index contributed by atoms with van der Waals surface area (Å²) in [6, 6.07) is 3.79. The standard InChI is InChI=1S/C21H29NO4/c1-4-26-19-11-13-12-7-8-21(2)16(5-6-20(21)24)14(12)9-17(22-25-3)15(13)10-18(19)23/h10-12,14,16,20,23-24H,4-9H2,1-3H3/b22-17+. The molecule has 0 amide bonds. The zero-order valence-corrected chi connectivity index (χ0v) is 15.9. The van der Waals surface area contributed by atoms with Gasteiger partial charge in [0, 0.05) is 5.56 Å². The van der Waals surface area contributed by atoms with Gasteiger partial charge in [-0.05, 0) is 79.9 Å². The summed E-state index contributed by atoms with van der Waals surface area (Å²) in [6.45, 7) is 4.70. The summed E-state index contributed by atoms with van der Waals surface area (Å²) >= 11 is 0. The van der Waals surface area contributed by atoms with E-state index in [-0.39, 0.29) is 17.3 Å². The van der Waals surface area contributed by atoms with E-state index in [0.29, 0.717) is 30.1 Å². The normalized spacial score (nSPS) is 37.0. The summed E-state index contributed by atoms with van der Waals surface area (Å²) < 4.78 is 5.64. The quantitative estimate of drug-likeness (QED) is 0.805. The van der Waals surface area contributed by atoms with E-state index in [1.54, 1.807) is 13.2 Å². The number of phenolic OH excluding ortho intramolecular Hbond substituents is 1. The minimum Gasteiger partial charge on any atom is -0.504 e. The van der Waals surface area contributed by atoms with Crippen molar-refractivity contribution in [2.75, 3.05) is 13.7 Å². The van der Waals surface area contributed by atoms with E-state index in [1.165, 1.54) is 5.56 Å². The molecule has 0 aliphatic heterocycles. The summed E-state index contributed by atoms with van der Waals surface area (Å²) in [6.07, 6.45) is 4.71. The number of phenols is 1. The molecule has 5 nitrogen and oxygen atoms in total. The first-order chi connectivity index (χ1) is 12.5. The van der Waals surface area contributed by atoms with Crippen LogP contribution < -0.4 is 4.74 Å². The number of benzene rings is 1. The lowest BCUT2D eigenvalue weighted by atomic mass is 9.55. The highest BCUT2D eigenvalue weighted by atomic mass is 16.6. The molecule has 2 N–H and O–H groups in total. The Kier molecular flexibility index (Phi) is 4.38. The molecule has 0 bridgehead atoms. The van der Waals surface area contributed by atoms with Crippen LogP contribution in [0, 0.1) is 17.3 Å². The lowest BCUT2D eigenvalue weighted by Gasteiger charge is -2.50. The predicted octanol–water partition coefficient (Wildman–Crippen LogP) is 3.82. The molecule has 0 aromatic heterocycles. The number of oxime groups is 1. The van der Waals surface area contributed by atoms with Crippen molar-refractivity contribution in [2.24, 2.45) is 22.4 Å². The van der Waals surface area contributed by atoms with Gasteiger partial charge >= 0.3 is 0 Å². The molecule has 142 valence electrons. The largest absolute Gasteiger partial charge is 0.504 e. The van der Waals surface area contributed by atoms with Gasteiger partial charge in [0.15, 0.2) is 11.5 Å². The van der Waals surface area contributed by atoms with Crippen LogP contribution in [0.1, 0.15) is 63.0 Å². The van der Waals surface area contributed by atoms with Gasteiger partial charge in [-0.3, -0.25) is 0 Å². The molecule has 1 aromatic carbocycles. The predicted molar refractivity (Wildman–Crippen MR) is 99.7 cm³/mol. The van der Waals surface area contributed by atoms with Crippen molar-refractivity contribution in [1.29, 1.82) is 0 Å². The molecular formula is C21H29NO4. The van der Waals surface area contributed by atoms with E-state index in [9.17, 15) is 10.2 Å². The minimum atomic E-state index is -0.198. The molecule has 3 aliphatic rings. The van der Waals surface area contributed by atoms with Gasteiger partial charge in [-0.15, -0.1) is 0 Å². The Morgan fingerprint density at radius 1 is 1.27 bits per heavy atom. The van der Waals surface area contributed by atoms with Crippen LogP contribution in [0.25, 0.3) is 0 Å². The molecule has 4 rings (SSSR count). The molecule has 0 spiro atoms. The zero-order chi connectivity index (χ0) is 18.5. The first-order valence-electron chi connectivity index (χ1n) is 9.77. The highest BCUT2D eigenvalue weighted by Gasteiger charge is 2.55. The summed E-state index contributed by atoms with van der Waals surface area (Å²) in [5.74, 6) is 2.07. The first-order valence-corrected chi connectivity index (χ1v) is 9.77. The zero-order valence-electron chi connectivity index (χ0n) is 15.9. The Balaban J connectivity index is 1.80. The van der Waals surface area contributed by atoms with Crippen LogP contribution in [0.3, 0.4) is 0 Å². The fraction of sp³-hybridized carbons (Fsp3) is 0.667. The average molecular weight is 359 g/mol. The third-order valence-electron chi connectivity index (χ3n) is 7.16. The van der Waals surface area contributed by atoms with E-state index in [0.717, 1.165) is 43.4 Å². The molecule has 1 aromatic rings. The van der Waals surface area contributed by atoms with Crippen molar-refractivity contribution in [3.63, 3.8) is 0 Å². The van der Waals surface area contributed by atoms with Crippen molar-refractivity contribution in [2.45, 2.75) is 58.0 Å². The molecule has 5 heteroatoms. The van der Waals surface area contributed by atoms with Crippen molar-refractivity contribution in [3.05, 3.63) is 23.3 Å². The third kappa shape index (κ3) is 2.51. The minimum absolute atomic E-state index is 0.0104. The van der Waals surface area contributed by atoms with Crippen LogP contribution in [0.5, 0.6) is 11.5 Å². The fourth-order valence-electron chi connectivity index (χ4n) is 5.87. The van der Waals surface area contributed by atoms with Crippen LogP contribution in [-0.4, -0.2) is 35.7 Å². The second-order valence-electron chi connectivity index (χ2n) is 8.28. The summed E-state index contributed by atoms with van der Waals surface area (Å²) in [4.78, 5) is 5.12. The number of hydrogen-bond donors (Lipinski definition) is 2. The third-order valence-corrected chi connectivity index (χ3v) is 7.16. The van der Waals surface area contributed by atoms with Gasteiger partial charge in [0.1, 0.15) is 7.11 Å². The summed E-state index contributed by atoms with van der Waals surface area (Å²) in [7, 11) is 1.57. The lowest BCUT2D eigenvalue weighted by Crippen LogP contribution is -2.45. The molecule has 2 fully saturated rings. The molecule has 5 unspecified atom stereocenters. The molecule has 3 aliphatic carbocycles. The Hall–Kier alpha value is -1.75. The number of aliphatic hydroxyl groups excluding tert-OH is 1. The smallest absolute Gasteiger partial charge is 0.161 e. The highest BCUT2D eigenvalue weighted by molar-refractivity contribution is 6.03. The van der Waals surface area contributed by atoms with E-state index in [1.807, 2.05) is 13.0 Å². The Labute approximate surface area is 155 Å². The van der Waals surface area contributed by atoms with E-state index in [4.69, 9.17) is 9.57 Å². The van der Waals surface area contributed by atoms with E-state index < -0.39 is 0 Å². The van der Waals surface area contributed by atoms with Crippen LogP contribution in [0.15, 0.2) is 17.3 Å². The van der Waals surface area contributed by atoms with Crippen molar-refractivity contribution >= 4 is 5.71 Å². The maximum absolute atomic E-state index is 10.6. The Bertz CT molecular complexity index is 731. The van der Waals surface area contributed by atoms with Crippen LogP contribution in [0.4, 0.5) is 0 Å². The molecular weight excluding hydrogens is 330 g/mol. The molecule has 0 heterocycles. The molecule has 0 radical (unpaired) electrons. The fourth-order valence-corrected chi connectivity index (χ4v) is 5.87. The van der Waals surface area contributed by atoms with E-state index >= 15 is 0 Å². The van der Waals surface area contributed by atoms with Gasteiger partial charge in [0.05, 0.1) is 18.4 Å². The van der Waals surface area contributed by atoms with Gasteiger partial charge in [0.25, 0.3) is 0 Å². The molecule has 2 saturated carbocycles.